The Hall–Kier alpha value is -0.120. The molecule has 3 nitrogen and oxygen atoms in total. The molecule has 0 bridgehead atoms. The average molecular weight is 268 g/mol. The third-order valence-corrected chi connectivity index (χ3v) is 5.24. The molecular formula is C16H32N2O. The maximum atomic E-state index is 5.77. The smallest absolute Gasteiger partial charge is 0.0613 e. The second-order valence-corrected chi connectivity index (χ2v) is 6.33. The van der Waals surface area contributed by atoms with Crippen LogP contribution in [0.3, 0.4) is 0 Å². The summed E-state index contributed by atoms with van der Waals surface area (Å²) in [7, 11) is 0. The van der Waals surface area contributed by atoms with Gasteiger partial charge in [-0.15, -0.1) is 0 Å². The number of ether oxygens (including phenoxy) is 1. The number of likely N-dealkylation sites (tertiary alicyclic amines) is 1. The lowest BCUT2D eigenvalue weighted by Crippen LogP contribution is -2.43. The Kier molecular flexibility index (Phi) is 6.11. The van der Waals surface area contributed by atoms with Crippen LogP contribution in [0.2, 0.25) is 0 Å². The van der Waals surface area contributed by atoms with Crippen LogP contribution in [0.25, 0.3) is 0 Å². The van der Waals surface area contributed by atoms with Crippen LogP contribution in [-0.2, 0) is 4.74 Å². The third kappa shape index (κ3) is 4.17. The summed E-state index contributed by atoms with van der Waals surface area (Å²) < 4.78 is 5.77. The van der Waals surface area contributed by atoms with Gasteiger partial charge < -0.3 is 15.0 Å². The van der Waals surface area contributed by atoms with E-state index in [1.807, 2.05) is 0 Å². The summed E-state index contributed by atoms with van der Waals surface area (Å²) in [5.74, 6) is 1.60. The van der Waals surface area contributed by atoms with Gasteiger partial charge in [-0.3, -0.25) is 0 Å². The fourth-order valence-electron chi connectivity index (χ4n) is 3.65. The molecule has 2 heterocycles. The van der Waals surface area contributed by atoms with Crippen LogP contribution in [0.5, 0.6) is 0 Å². The molecule has 2 aliphatic heterocycles. The van der Waals surface area contributed by atoms with Gasteiger partial charge >= 0.3 is 0 Å². The fourth-order valence-corrected chi connectivity index (χ4v) is 3.65. The van der Waals surface area contributed by atoms with E-state index >= 15 is 0 Å². The first kappa shape index (κ1) is 15.3. The lowest BCUT2D eigenvalue weighted by atomic mass is 9.89. The van der Waals surface area contributed by atoms with Crippen molar-refractivity contribution in [2.24, 2.45) is 11.8 Å². The van der Waals surface area contributed by atoms with Gasteiger partial charge in [0, 0.05) is 19.2 Å². The lowest BCUT2D eigenvalue weighted by Gasteiger charge is -2.35. The Bertz CT molecular complexity index is 251. The molecule has 3 heteroatoms. The molecule has 2 saturated heterocycles. The van der Waals surface area contributed by atoms with Gasteiger partial charge in [0.25, 0.3) is 0 Å². The molecular weight excluding hydrogens is 236 g/mol. The number of nitrogens with zero attached hydrogens (tertiary/aromatic N) is 1. The SMILES string of the molecule is CCC1OCCC1CNC(C)C1CCN(CC)CC1. The summed E-state index contributed by atoms with van der Waals surface area (Å²) in [5.41, 5.74) is 0. The van der Waals surface area contributed by atoms with Crippen LogP contribution in [0.4, 0.5) is 0 Å². The highest BCUT2D eigenvalue weighted by Crippen LogP contribution is 2.24. The van der Waals surface area contributed by atoms with E-state index in [0.29, 0.717) is 12.1 Å². The predicted molar refractivity (Wildman–Crippen MR) is 80.4 cm³/mol. The molecule has 0 aromatic carbocycles. The molecule has 3 atom stereocenters. The predicted octanol–water partition coefficient (Wildman–Crippen LogP) is 2.51. The lowest BCUT2D eigenvalue weighted by molar-refractivity contribution is 0.0852. The van der Waals surface area contributed by atoms with E-state index in [4.69, 9.17) is 4.74 Å². The Morgan fingerprint density at radius 2 is 1.95 bits per heavy atom. The molecule has 0 spiro atoms. The van der Waals surface area contributed by atoms with E-state index in [2.05, 4.69) is 31.0 Å². The maximum Gasteiger partial charge on any atom is 0.0613 e. The standard InChI is InChI=1S/C16H32N2O/c1-4-16-15(8-11-19-16)12-17-13(3)14-6-9-18(5-2)10-7-14/h13-17H,4-12H2,1-3H3. The Balaban J connectivity index is 1.68. The van der Waals surface area contributed by atoms with E-state index in [9.17, 15) is 0 Å². The summed E-state index contributed by atoms with van der Waals surface area (Å²) in [6.07, 6.45) is 5.63. The molecule has 0 aromatic heterocycles. The number of hydrogen-bond donors (Lipinski definition) is 1. The van der Waals surface area contributed by atoms with E-state index in [0.717, 1.165) is 31.4 Å². The van der Waals surface area contributed by atoms with Crippen LogP contribution in [0.15, 0.2) is 0 Å². The van der Waals surface area contributed by atoms with Crippen molar-refractivity contribution in [3.63, 3.8) is 0 Å². The first-order valence-electron chi connectivity index (χ1n) is 8.31. The largest absolute Gasteiger partial charge is 0.378 e. The summed E-state index contributed by atoms with van der Waals surface area (Å²) in [6, 6.07) is 0.664. The van der Waals surface area contributed by atoms with Gasteiger partial charge in [0.15, 0.2) is 0 Å². The van der Waals surface area contributed by atoms with Gasteiger partial charge in [-0.2, -0.15) is 0 Å². The summed E-state index contributed by atoms with van der Waals surface area (Å²) in [5, 5.41) is 3.79. The molecule has 2 aliphatic rings. The third-order valence-electron chi connectivity index (χ3n) is 5.24. The fraction of sp³-hybridized carbons (Fsp3) is 1.00. The number of piperidine rings is 1. The quantitative estimate of drug-likeness (QED) is 0.801. The van der Waals surface area contributed by atoms with Crippen molar-refractivity contribution >= 4 is 0 Å². The second kappa shape index (κ2) is 7.61. The van der Waals surface area contributed by atoms with Crippen LogP contribution in [0.1, 0.15) is 46.5 Å². The Labute approximate surface area is 119 Å². The highest BCUT2D eigenvalue weighted by molar-refractivity contribution is 4.82. The van der Waals surface area contributed by atoms with Crippen molar-refractivity contribution in [3.05, 3.63) is 0 Å². The van der Waals surface area contributed by atoms with Crippen molar-refractivity contribution in [1.29, 1.82) is 0 Å². The second-order valence-electron chi connectivity index (χ2n) is 6.33. The highest BCUT2D eigenvalue weighted by atomic mass is 16.5. The summed E-state index contributed by atoms with van der Waals surface area (Å²) >= 11 is 0. The first-order chi connectivity index (χ1) is 9.24. The van der Waals surface area contributed by atoms with Gasteiger partial charge in [0.2, 0.25) is 0 Å². The molecule has 112 valence electrons. The van der Waals surface area contributed by atoms with Gasteiger partial charge in [-0.25, -0.2) is 0 Å². The number of rotatable bonds is 6. The minimum atomic E-state index is 0.502. The zero-order chi connectivity index (χ0) is 13.7. The van der Waals surface area contributed by atoms with E-state index < -0.39 is 0 Å². The number of nitrogens with one attached hydrogen (secondary N) is 1. The molecule has 0 aromatic rings. The molecule has 0 saturated carbocycles. The monoisotopic (exact) mass is 268 g/mol. The van der Waals surface area contributed by atoms with Gasteiger partial charge in [0.05, 0.1) is 6.10 Å². The van der Waals surface area contributed by atoms with Gasteiger partial charge in [-0.05, 0) is 64.1 Å². The average Bonchev–Trinajstić information content (AvgIpc) is 2.92. The molecule has 2 rings (SSSR count). The van der Waals surface area contributed by atoms with E-state index in [1.54, 1.807) is 0 Å². The van der Waals surface area contributed by atoms with Gasteiger partial charge in [-0.1, -0.05) is 13.8 Å². The van der Waals surface area contributed by atoms with Gasteiger partial charge in [0.1, 0.15) is 0 Å². The molecule has 0 radical (unpaired) electrons. The molecule has 3 unspecified atom stereocenters. The normalized spacial score (nSPS) is 31.7. The van der Waals surface area contributed by atoms with Crippen molar-refractivity contribution in [2.75, 3.05) is 32.8 Å². The van der Waals surface area contributed by atoms with Crippen LogP contribution >= 0.6 is 0 Å². The minimum absolute atomic E-state index is 0.502. The zero-order valence-electron chi connectivity index (χ0n) is 13.0. The molecule has 0 aliphatic carbocycles. The summed E-state index contributed by atoms with van der Waals surface area (Å²) in [4.78, 5) is 2.57. The minimum Gasteiger partial charge on any atom is -0.378 e. The van der Waals surface area contributed by atoms with Crippen LogP contribution in [-0.4, -0.2) is 49.8 Å². The summed E-state index contributed by atoms with van der Waals surface area (Å²) in [6.45, 7) is 12.8. The van der Waals surface area contributed by atoms with Crippen LogP contribution < -0.4 is 5.32 Å². The van der Waals surface area contributed by atoms with E-state index in [1.165, 1.54) is 38.9 Å². The Morgan fingerprint density at radius 3 is 2.58 bits per heavy atom. The zero-order valence-corrected chi connectivity index (χ0v) is 13.0. The van der Waals surface area contributed by atoms with Crippen LogP contribution in [0, 0.1) is 11.8 Å². The first-order valence-corrected chi connectivity index (χ1v) is 8.31. The van der Waals surface area contributed by atoms with Crippen molar-refractivity contribution in [1.82, 2.24) is 10.2 Å². The van der Waals surface area contributed by atoms with Crippen molar-refractivity contribution in [3.8, 4) is 0 Å². The van der Waals surface area contributed by atoms with Crippen molar-refractivity contribution < 1.29 is 4.74 Å². The molecule has 2 fully saturated rings. The topological polar surface area (TPSA) is 24.5 Å². The molecule has 0 amide bonds. The van der Waals surface area contributed by atoms with E-state index in [-0.39, 0.29) is 0 Å². The number of hydrogen-bond acceptors (Lipinski definition) is 3. The molecule has 19 heavy (non-hydrogen) atoms. The highest BCUT2D eigenvalue weighted by Gasteiger charge is 2.28. The Morgan fingerprint density at radius 1 is 1.21 bits per heavy atom. The van der Waals surface area contributed by atoms with Crippen molar-refractivity contribution in [2.45, 2.75) is 58.6 Å². The molecule has 1 N–H and O–H groups in total. The maximum absolute atomic E-state index is 5.77.